The minimum atomic E-state index is -1.01. The Kier molecular flexibility index (Phi) is 4.24. The lowest BCUT2D eigenvalue weighted by Gasteiger charge is -1.95. The first kappa shape index (κ1) is 11.7. The first-order chi connectivity index (χ1) is 7.09. The van der Waals surface area contributed by atoms with Gasteiger partial charge in [0.25, 0.3) is 0 Å². The summed E-state index contributed by atoms with van der Waals surface area (Å²) in [5, 5.41) is 8.30. The molecule has 0 radical (unpaired) electrons. The van der Waals surface area contributed by atoms with Crippen molar-refractivity contribution in [2.45, 2.75) is 0 Å². The van der Waals surface area contributed by atoms with E-state index in [1.165, 1.54) is 18.2 Å². The van der Waals surface area contributed by atoms with Crippen molar-refractivity contribution in [1.29, 1.82) is 0 Å². The van der Waals surface area contributed by atoms with Gasteiger partial charge in [0.1, 0.15) is 5.82 Å². The standard InChI is InChI=1S/C11H8BrFO2/c12-9-6-5-8(7-10(9)13)3-1-2-4-11(14)15/h1-7H,(H,14,15)/b3-1+,4-2+. The zero-order chi connectivity index (χ0) is 11.3. The predicted molar refractivity (Wildman–Crippen MR) is 59.9 cm³/mol. The molecule has 0 atom stereocenters. The summed E-state index contributed by atoms with van der Waals surface area (Å²) in [6.07, 6.45) is 5.54. The van der Waals surface area contributed by atoms with Crippen LogP contribution < -0.4 is 0 Å². The molecular weight excluding hydrogens is 263 g/mol. The molecule has 0 aliphatic rings. The Labute approximate surface area is 94.9 Å². The molecule has 0 amide bonds. The van der Waals surface area contributed by atoms with Gasteiger partial charge in [-0.05, 0) is 33.6 Å². The number of rotatable bonds is 3. The van der Waals surface area contributed by atoms with E-state index in [-0.39, 0.29) is 5.82 Å². The van der Waals surface area contributed by atoms with Crippen LogP contribution in [-0.2, 0) is 4.79 Å². The summed E-state index contributed by atoms with van der Waals surface area (Å²) in [4.78, 5) is 10.1. The summed E-state index contributed by atoms with van der Waals surface area (Å²) >= 11 is 3.04. The molecular formula is C11H8BrFO2. The maximum atomic E-state index is 13.0. The van der Waals surface area contributed by atoms with Crippen LogP contribution >= 0.6 is 15.9 Å². The Bertz CT molecular complexity index is 425. The number of halogens is 2. The fourth-order valence-electron chi connectivity index (χ4n) is 0.921. The third-order valence-electron chi connectivity index (χ3n) is 1.58. The van der Waals surface area contributed by atoms with E-state index in [4.69, 9.17) is 5.11 Å². The Morgan fingerprint density at radius 2 is 2.13 bits per heavy atom. The first-order valence-corrected chi connectivity index (χ1v) is 4.91. The molecule has 2 nitrogen and oxygen atoms in total. The third kappa shape index (κ3) is 4.08. The van der Waals surface area contributed by atoms with Crippen molar-refractivity contribution in [2.24, 2.45) is 0 Å². The number of carboxylic acid groups (broad SMARTS) is 1. The molecule has 0 aliphatic heterocycles. The molecule has 0 saturated carbocycles. The second-order valence-corrected chi connectivity index (χ2v) is 3.58. The van der Waals surface area contributed by atoms with E-state index in [9.17, 15) is 9.18 Å². The number of hydrogen-bond acceptors (Lipinski definition) is 1. The SMILES string of the molecule is O=C(O)/C=C/C=C/c1ccc(Br)c(F)c1. The van der Waals surface area contributed by atoms with Crippen molar-refractivity contribution in [1.82, 2.24) is 0 Å². The molecule has 1 rings (SSSR count). The van der Waals surface area contributed by atoms with Gasteiger partial charge >= 0.3 is 5.97 Å². The fourth-order valence-corrected chi connectivity index (χ4v) is 1.17. The van der Waals surface area contributed by atoms with Gasteiger partial charge in [-0.3, -0.25) is 0 Å². The van der Waals surface area contributed by atoms with Gasteiger partial charge in [0.05, 0.1) is 4.47 Å². The van der Waals surface area contributed by atoms with Crippen LogP contribution in [0.15, 0.2) is 40.9 Å². The van der Waals surface area contributed by atoms with Crippen LogP contribution in [0.5, 0.6) is 0 Å². The minimum absolute atomic E-state index is 0.348. The van der Waals surface area contributed by atoms with Crippen LogP contribution in [-0.4, -0.2) is 11.1 Å². The number of allylic oxidation sites excluding steroid dienone is 2. The molecule has 0 bridgehead atoms. The molecule has 0 fully saturated rings. The van der Waals surface area contributed by atoms with E-state index in [1.807, 2.05) is 0 Å². The van der Waals surface area contributed by atoms with Gasteiger partial charge in [0.2, 0.25) is 0 Å². The molecule has 15 heavy (non-hydrogen) atoms. The summed E-state index contributed by atoms with van der Waals surface area (Å²) in [5.74, 6) is -1.36. The van der Waals surface area contributed by atoms with Crippen LogP contribution in [0.3, 0.4) is 0 Å². The molecule has 0 saturated heterocycles. The summed E-state index contributed by atoms with van der Waals surface area (Å²) < 4.78 is 13.4. The van der Waals surface area contributed by atoms with Crippen molar-refractivity contribution in [3.8, 4) is 0 Å². The summed E-state index contributed by atoms with van der Waals surface area (Å²) in [6.45, 7) is 0. The Hall–Kier alpha value is -1.42. The average Bonchev–Trinajstić information content (AvgIpc) is 2.18. The van der Waals surface area contributed by atoms with Crippen LogP contribution in [0, 0.1) is 5.82 Å². The van der Waals surface area contributed by atoms with Gasteiger partial charge in [-0.25, -0.2) is 9.18 Å². The van der Waals surface area contributed by atoms with Crippen molar-refractivity contribution in [3.05, 3.63) is 52.3 Å². The summed E-state index contributed by atoms with van der Waals surface area (Å²) in [5.41, 5.74) is 0.672. The lowest BCUT2D eigenvalue weighted by molar-refractivity contribution is -0.131. The zero-order valence-corrected chi connectivity index (χ0v) is 9.24. The minimum Gasteiger partial charge on any atom is -0.478 e. The molecule has 0 heterocycles. The zero-order valence-electron chi connectivity index (χ0n) is 7.65. The molecule has 0 unspecified atom stereocenters. The fraction of sp³-hybridized carbons (Fsp3) is 0. The molecule has 0 aliphatic carbocycles. The van der Waals surface area contributed by atoms with E-state index < -0.39 is 5.97 Å². The van der Waals surface area contributed by atoms with Gasteiger partial charge < -0.3 is 5.11 Å². The number of hydrogen-bond donors (Lipinski definition) is 1. The monoisotopic (exact) mass is 270 g/mol. The Morgan fingerprint density at radius 3 is 2.73 bits per heavy atom. The number of aliphatic carboxylic acids is 1. The Balaban J connectivity index is 2.73. The van der Waals surface area contributed by atoms with Crippen molar-refractivity contribution >= 4 is 28.0 Å². The summed E-state index contributed by atoms with van der Waals surface area (Å²) in [6, 6.07) is 4.67. The lowest BCUT2D eigenvalue weighted by Crippen LogP contribution is -1.84. The van der Waals surface area contributed by atoms with E-state index in [1.54, 1.807) is 18.2 Å². The third-order valence-corrected chi connectivity index (χ3v) is 2.23. The van der Waals surface area contributed by atoms with Crippen LogP contribution in [0.25, 0.3) is 6.08 Å². The van der Waals surface area contributed by atoms with E-state index in [0.29, 0.717) is 10.0 Å². The molecule has 78 valence electrons. The highest BCUT2D eigenvalue weighted by Gasteiger charge is 1.97. The average molecular weight is 271 g/mol. The number of benzene rings is 1. The van der Waals surface area contributed by atoms with Crippen LogP contribution in [0.1, 0.15) is 5.56 Å². The molecule has 1 aromatic rings. The number of carboxylic acids is 1. The normalized spacial score (nSPS) is 11.3. The van der Waals surface area contributed by atoms with Gasteiger partial charge in [-0.15, -0.1) is 0 Å². The molecule has 1 N–H and O–H groups in total. The number of carbonyl (C=O) groups is 1. The highest BCUT2D eigenvalue weighted by Crippen LogP contribution is 2.16. The van der Waals surface area contributed by atoms with E-state index in [0.717, 1.165) is 6.08 Å². The lowest BCUT2D eigenvalue weighted by atomic mass is 10.2. The molecule has 0 aromatic heterocycles. The van der Waals surface area contributed by atoms with Gasteiger partial charge in [-0.1, -0.05) is 24.3 Å². The highest BCUT2D eigenvalue weighted by molar-refractivity contribution is 9.10. The van der Waals surface area contributed by atoms with Crippen molar-refractivity contribution in [3.63, 3.8) is 0 Å². The Morgan fingerprint density at radius 1 is 1.40 bits per heavy atom. The summed E-state index contributed by atoms with van der Waals surface area (Å²) in [7, 11) is 0. The topological polar surface area (TPSA) is 37.3 Å². The molecule has 4 heteroatoms. The van der Waals surface area contributed by atoms with Crippen LogP contribution in [0.2, 0.25) is 0 Å². The molecule has 0 spiro atoms. The van der Waals surface area contributed by atoms with E-state index in [2.05, 4.69) is 15.9 Å². The van der Waals surface area contributed by atoms with Crippen LogP contribution in [0.4, 0.5) is 4.39 Å². The second kappa shape index (κ2) is 5.46. The maximum absolute atomic E-state index is 13.0. The maximum Gasteiger partial charge on any atom is 0.328 e. The molecule has 1 aromatic carbocycles. The second-order valence-electron chi connectivity index (χ2n) is 2.73. The smallest absolute Gasteiger partial charge is 0.328 e. The highest BCUT2D eigenvalue weighted by atomic mass is 79.9. The first-order valence-electron chi connectivity index (χ1n) is 4.12. The van der Waals surface area contributed by atoms with Gasteiger partial charge in [0, 0.05) is 6.08 Å². The van der Waals surface area contributed by atoms with Crippen molar-refractivity contribution in [2.75, 3.05) is 0 Å². The van der Waals surface area contributed by atoms with Gasteiger partial charge in [-0.2, -0.15) is 0 Å². The van der Waals surface area contributed by atoms with Crippen molar-refractivity contribution < 1.29 is 14.3 Å². The quantitative estimate of drug-likeness (QED) is 0.676. The predicted octanol–water partition coefficient (Wildman–Crippen LogP) is 3.24. The van der Waals surface area contributed by atoms with E-state index >= 15 is 0 Å². The largest absolute Gasteiger partial charge is 0.478 e. The van der Waals surface area contributed by atoms with Gasteiger partial charge in [0.15, 0.2) is 0 Å².